The number of carboxylic acid groups (broad SMARTS) is 1. The molecule has 0 fully saturated rings. The molecule has 0 spiro atoms. The van der Waals surface area contributed by atoms with Gasteiger partial charge in [0.2, 0.25) is 5.91 Å². The molecule has 0 aliphatic rings. The molecule has 1 atom stereocenters. The van der Waals surface area contributed by atoms with Crippen molar-refractivity contribution in [3.05, 3.63) is 35.2 Å². The average Bonchev–Trinajstić information content (AvgIpc) is 3.02. The van der Waals surface area contributed by atoms with Crippen molar-refractivity contribution in [3.8, 4) is 11.3 Å². The molecule has 0 radical (unpaired) electrons. The zero-order chi connectivity index (χ0) is 17.5. The normalized spacial score (nSPS) is 11.9. The smallest absolute Gasteiger partial charge is 0.303 e. The van der Waals surface area contributed by atoms with E-state index in [1.54, 1.807) is 0 Å². The van der Waals surface area contributed by atoms with Crippen LogP contribution in [0, 0.1) is 0 Å². The molecule has 1 aromatic heterocycles. The van der Waals surface area contributed by atoms with Gasteiger partial charge in [-0.05, 0) is 24.3 Å². The van der Waals surface area contributed by atoms with E-state index in [2.05, 4.69) is 48.4 Å². The van der Waals surface area contributed by atoms with Crippen LogP contribution in [0.3, 0.4) is 0 Å². The van der Waals surface area contributed by atoms with Crippen LogP contribution in [-0.2, 0) is 9.59 Å². The van der Waals surface area contributed by atoms with Gasteiger partial charge in [-0.15, -0.1) is 11.3 Å². The Bertz CT molecular complexity index is 695. The summed E-state index contributed by atoms with van der Waals surface area (Å²) >= 11 is 1.37. The van der Waals surface area contributed by atoms with E-state index in [0.29, 0.717) is 17.5 Å². The fraction of sp³-hybridized carbons (Fsp3) is 0.389. The lowest BCUT2D eigenvalue weighted by Gasteiger charge is -2.08. The van der Waals surface area contributed by atoms with Crippen LogP contribution in [0.25, 0.3) is 11.3 Å². The van der Waals surface area contributed by atoms with Crippen molar-refractivity contribution in [1.29, 1.82) is 0 Å². The molecule has 1 aromatic carbocycles. The number of thiazole rings is 1. The standard InChI is InChI=1S/C18H22N2O3S/c1-3-12(2)13-7-9-14(10-8-13)15-11-24-18(19-15)20-16(21)5-4-6-17(22)23/h7-12H,3-6H2,1-2H3,(H,22,23)(H,19,20,21)/t12-/m1/s1. The second-order valence-electron chi connectivity index (χ2n) is 5.76. The van der Waals surface area contributed by atoms with E-state index >= 15 is 0 Å². The van der Waals surface area contributed by atoms with Gasteiger partial charge in [-0.25, -0.2) is 4.98 Å². The van der Waals surface area contributed by atoms with Gasteiger partial charge in [0.1, 0.15) is 0 Å². The van der Waals surface area contributed by atoms with Gasteiger partial charge in [0.05, 0.1) is 5.69 Å². The molecule has 24 heavy (non-hydrogen) atoms. The van der Waals surface area contributed by atoms with Crippen molar-refractivity contribution in [1.82, 2.24) is 4.98 Å². The van der Waals surface area contributed by atoms with Crippen molar-refractivity contribution in [3.63, 3.8) is 0 Å². The number of nitrogens with zero attached hydrogens (tertiary/aromatic N) is 1. The predicted molar refractivity (Wildman–Crippen MR) is 96.4 cm³/mol. The highest BCUT2D eigenvalue weighted by Crippen LogP contribution is 2.27. The Kier molecular flexibility index (Phi) is 6.49. The summed E-state index contributed by atoms with van der Waals surface area (Å²) in [5.41, 5.74) is 3.16. The number of carbonyl (C=O) groups excluding carboxylic acids is 1. The molecule has 2 N–H and O–H groups in total. The molecular weight excluding hydrogens is 324 g/mol. The van der Waals surface area contributed by atoms with Gasteiger partial charge in [-0.2, -0.15) is 0 Å². The third-order valence-corrected chi connectivity index (χ3v) is 4.69. The molecule has 0 aliphatic heterocycles. The summed E-state index contributed by atoms with van der Waals surface area (Å²) in [6, 6.07) is 8.34. The molecule has 6 heteroatoms. The maximum atomic E-state index is 11.8. The van der Waals surface area contributed by atoms with E-state index in [4.69, 9.17) is 5.11 Å². The number of benzene rings is 1. The summed E-state index contributed by atoms with van der Waals surface area (Å²) in [6.07, 6.45) is 1.62. The number of aliphatic carboxylic acids is 1. The average molecular weight is 346 g/mol. The summed E-state index contributed by atoms with van der Waals surface area (Å²) in [6.45, 7) is 4.38. The van der Waals surface area contributed by atoms with E-state index < -0.39 is 5.97 Å². The van der Waals surface area contributed by atoms with Crippen molar-refractivity contribution in [2.75, 3.05) is 5.32 Å². The first-order valence-electron chi connectivity index (χ1n) is 8.07. The lowest BCUT2D eigenvalue weighted by atomic mass is 9.97. The van der Waals surface area contributed by atoms with Crippen LogP contribution in [0.4, 0.5) is 5.13 Å². The highest BCUT2D eigenvalue weighted by molar-refractivity contribution is 7.14. The molecule has 128 valence electrons. The number of hydrogen-bond donors (Lipinski definition) is 2. The van der Waals surface area contributed by atoms with Gasteiger partial charge >= 0.3 is 5.97 Å². The van der Waals surface area contributed by atoms with Crippen LogP contribution in [0.1, 0.15) is 51.0 Å². The molecule has 0 unspecified atom stereocenters. The van der Waals surface area contributed by atoms with E-state index in [1.807, 2.05) is 5.38 Å². The summed E-state index contributed by atoms with van der Waals surface area (Å²) in [4.78, 5) is 26.6. The predicted octanol–water partition coefficient (Wildman–Crippen LogP) is 4.52. The number of aromatic nitrogens is 1. The second-order valence-corrected chi connectivity index (χ2v) is 6.62. The van der Waals surface area contributed by atoms with Crippen LogP contribution in [-0.4, -0.2) is 22.0 Å². The van der Waals surface area contributed by atoms with Crippen LogP contribution in [0.5, 0.6) is 0 Å². The van der Waals surface area contributed by atoms with Crippen molar-refractivity contribution in [2.45, 2.75) is 45.4 Å². The summed E-state index contributed by atoms with van der Waals surface area (Å²) in [7, 11) is 0. The SMILES string of the molecule is CC[C@@H](C)c1ccc(-c2csc(NC(=O)CCCC(=O)O)n2)cc1. The third-order valence-electron chi connectivity index (χ3n) is 3.93. The number of carboxylic acids is 1. The molecule has 2 aromatic rings. The first-order chi connectivity index (χ1) is 11.5. The van der Waals surface area contributed by atoms with Gasteiger partial charge in [0.25, 0.3) is 0 Å². The minimum absolute atomic E-state index is 0.000922. The van der Waals surface area contributed by atoms with Gasteiger partial charge in [-0.1, -0.05) is 38.1 Å². The number of carbonyl (C=O) groups is 2. The van der Waals surface area contributed by atoms with E-state index in [1.165, 1.54) is 16.9 Å². The van der Waals surface area contributed by atoms with Crippen molar-refractivity contribution < 1.29 is 14.7 Å². The van der Waals surface area contributed by atoms with Crippen molar-refractivity contribution in [2.24, 2.45) is 0 Å². The number of rotatable bonds is 8. The Morgan fingerprint density at radius 3 is 2.58 bits per heavy atom. The highest BCUT2D eigenvalue weighted by atomic mass is 32.1. The lowest BCUT2D eigenvalue weighted by Crippen LogP contribution is -2.11. The zero-order valence-electron chi connectivity index (χ0n) is 13.9. The summed E-state index contributed by atoms with van der Waals surface area (Å²) in [5.74, 6) is -0.556. The highest BCUT2D eigenvalue weighted by Gasteiger charge is 2.10. The molecule has 0 saturated heterocycles. The van der Waals surface area contributed by atoms with Crippen LogP contribution in [0.2, 0.25) is 0 Å². The van der Waals surface area contributed by atoms with E-state index in [-0.39, 0.29) is 18.7 Å². The fourth-order valence-electron chi connectivity index (χ4n) is 2.26. The van der Waals surface area contributed by atoms with Crippen molar-refractivity contribution >= 4 is 28.3 Å². The molecule has 1 amide bonds. The Hall–Kier alpha value is -2.21. The molecule has 2 rings (SSSR count). The Labute approximate surface area is 145 Å². The van der Waals surface area contributed by atoms with Gasteiger partial charge in [0.15, 0.2) is 5.13 Å². The topological polar surface area (TPSA) is 79.3 Å². The number of amides is 1. The molecule has 0 aliphatic carbocycles. The second kappa shape index (κ2) is 8.59. The number of anilines is 1. The Morgan fingerprint density at radius 2 is 1.96 bits per heavy atom. The Balaban J connectivity index is 1.95. The van der Waals surface area contributed by atoms with Gasteiger partial charge in [0, 0.05) is 23.8 Å². The maximum absolute atomic E-state index is 11.8. The number of nitrogens with one attached hydrogen (secondary N) is 1. The molecular formula is C18H22N2O3S. The molecule has 5 nitrogen and oxygen atoms in total. The van der Waals surface area contributed by atoms with Gasteiger partial charge in [-0.3, -0.25) is 9.59 Å². The minimum Gasteiger partial charge on any atom is -0.481 e. The summed E-state index contributed by atoms with van der Waals surface area (Å²) < 4.78 is 0. The van der Waals surface area contributed by atoms with E-state index in [0.717, 1.165) is 17.7 Å². The molecule has 1 heterocycles. The summed E-state index contributed by atoms with van der Waals surface area (Å²) in [5, 5.41) is 13.7. The zero-order valence-corrected chi connectivity index (χ0v) is 14.7. The first kappa shape index (κ1) is 18.1. The monoisotopic (exact) mass is 346 g/mol. The first-order valence-corrected chi connectivity index (χ1v) is 8.95. The largest absolute Gasteiger partial charge is 0.481 e. The fourth-order valence-corrected chi connectivity index (χ4v) is 3.00. The molecule has 0 saturated carbocycles. The van der Waals surface area contributed by atoms with Gasteiger partial charge < -0.3 is 10.4 Å². The van der Waals surface area contributed by atoms with Crippen LogP contribution < -0.4 is 5.32 Å². The van der Waals surface area contributed by atoms with Crippen LogP contribution >= 0.6 is 11.3 Å². The maximum Gasteiger partial charge on any atom is 0.303 e. The van der Waals surface area contributed by atoms with Crippen LogP contribution in [0.15, 0.2) is 29.6 Å². The Morgan fingerprint density at radius 1 is 1.25 bits per heavy atom. The molecule has 0 bridgehead atoms. The van der Waals surface area contributed by atoms with E-state index in [9.17, 15) is 9.59 Å². The quantitative estimate of drug-likeness (QED) is 0.736. The lowest BCUT2D eigenvalue weighted by molar-refractivity contribution is -0.137. The number of hydrogen-bond acceptors (Lipinski definition) is 4. The third kappa shape index (κ3) is 5.16. The minimum atomic E-state index is -0.889.